The Kier molecular flexibility index (Phi) is 5.91. The fourth-order valence-corrected chi connectivity index (χ4v) is 1.68. The van der Waals surface area contributed by atoms with Gasteiger partial charge in [-0.05, 0) is 24.7 Å². The van der Waals surface area contributed by atoms with Crippen LogP contribution >= 0.6 is 11.6 Å². The molecule has 2 nitrogen and oxygen atoms in total. The van der Waals surface area contributed by atoms with E-state index in [1.54, 1.807) is 31.3 Å². The van der Waals surface area contributed by atoms with Crippen molar-refractivity contribution in [3.8, 4) is 0 Å². The molecule has 0 aliphatic heterocycles. The standard InChI is InChI=1S/C12H15ClF3NO/c1-17-8-11(18-6-5-12(14,15)16)9-3-2-4-10(13)7-9/h2-4,7,11,17H,5-6,8H2,1H3. The van der Waals surface area contributed by atoms with Gasteiger partial charge in [0.25, 0.3) is 0 Å². The second-order valence-corrected chi connectivity index (χ2v) is 4.27. The van der Waals surface area contributed by atoms with Crippen molar-refractivity contribution in [2.75, 3.05) is 20.2 Å². The average Bonchev–Trinajstić information content (AvgIpc) is 2.26. The lowest BCUT2D eigenvalue weighted by atomic mass is 10.1. The second kappa shape index (κ2) is 6.97. The van der Waals surface area contributed by atoms with Crippen LogP contribution in [0.25, 0.3) is 0 Å². The summed E-state index contributed by atoms with van der Waals surface area (Å²) in [5, 5.41) is 3.42. The summed E-state index contributed by atoms with van der Waals surface area (Å²) in [7, 11) is 1.71. The zero-order valence-electron chi connectivity index (χ0n) is 9.93. The molecular weight excluding hydrogens is 267 g/mol. The summed E-state index contributed by atoms with van der Waals surface area (Å²) in [6.45, 7) is 0.0700. The van der Waals surface area contributed by atoms with E-state index in [0.717, 1.165) is 5.56 Å². The maximum atomic E-state index is 12.0. The molecule has 1 rings (SSSR count). The summed E-state index contributed by atoms with van der Waals surface area (Å²) in [6.07, 6.45) is -5.58. The van der Waals surface area contributed by atoms with Crippen molar-refractivity contribution in [3.05, 3.63) is 34.9 Å². The smallest absolute Gasteiger partial charge is 0.372 e. The number of likely N-dealkylation sites (N-methyl/N-ethyl adjacent to an activating group) is 1. The molecule has 0 aromatic heterocycles. The van der Waals surface area contributed by atoms with Gasteiger partial charge >= 0.3 is 6.18 Å². The molecule has 0 aliphatic rings. The van der Waals surface area contributed by atoms with Crippen LogP contribution in [0, 0.1) is 0 Å². The maximum absolute atomic E-state index is 12.0. The molecule has 1 N–H and O–H groups in total. The molecule has 0 aliphatic carbocycles. The van der Waals surface area contributed by atoms with Crippen molar-refractivity contribution in [2.45, 2.75) is 18.7 Å². The first-order valence-corrected chi connectivity index (χ1v) is 5.88. The molecule has 6 heteroatoms. The highest BCUT2D eigenvalue weighted by molar-refractivity contribution is 6.30. The van der Waals surface area contributed by atoms with E-state index in [0.29, 0.717) is 11.6 Å². The summed E-state index contributed by atoms with van der Waals surface area (Å²) in [4.78, 5) is 0. The number of nitrogens with one attached hydrogen (secondary N) is 1. The quantitative estimate of drug-likeness (QED) is 0.861. The summed E-state index contributed by atoms with van der Waals surface area (Å²) < 4.78 is 41.4. The molecular formula is C12H15ClF3NO. The van der Waals surface area contributed by atoms with Crippen LogP contribution in [0.15, 0.2) is 24.3 Å². The SMILES string of the molecule is CNCC(OCCC(F)(F)F)c1cccc(Cl)c1. The van der Waals surface area contributed by atoms with E-state index in [1.165, 1.54) is 0 Å². The molecule has 1 aromatic rings. The van der Waals surface area contributed by atoms with Crippen LogP contribution in [0.3, 0.4) is 0 Å². The molecule has 1 unspecified atom stereocenters. The van der Waals surface area contributed by atoms with Crippen molar-refractivity contribution >= 4 is 11.6 Å². The van der Waals surface area contributed by atoms with Gasteiger partial charge in [-0.25, -0.2) is 0 Å². The first-order valence-electron chi connectivity index (χ1n) is 5.51. The van der Waals surface area contributed by atoms with Crippen LogP contribution in [0.4, 0.5) is 13.2 Å². The number of alkyl halides is 3. The predicted molar refractivity (Wildman–Crippen MR) is 64.7 cm³/mol. The number of hydrogen-bond acceptors (Lipinski definition) is 2. The number of halogens is 4. The fraction of sp³-hybridized carbons (Fsp3) is 0.500. The zero-order valence-corrected chi connectivity index (χ0v) is 10.7. The third kappa shape index (κ3) is 5.71. The molecule has 0 fully saturated rings. The van der Waals surface area contributed by atoms with Crippen molar-refractivity contribution < 1.29 is 17.9 Å². The normalized spacial score (nSPS) is 13.6. The highest BCUT2D eigenvalue weighted by Gasteiger charge is 2.27. The monoisotopic (exact) mass is 281 g/mol. The lowest BCUT2D eigenvalue weighted by molar-refractivity contribution is -0.149. The number of benzene rings is 1. The number of hydrogen-bond donors (Lipinski definition) is 1. The van der Waals surface area contributed by atoms with E-state index in [4.69, 9.17) is 16.3 Å². The van der Waals surface area contributed by atoms with Crippen molar-refractivity contribution in [1.29, 1.82) is 0 Å². The Morgan fingerprint density at radius 2 is 2.11 bits per heavy atom. The van der Waals surface area contributed by atoms with E-state index >= 15 is 0 Å². The van der Waals surface area contributed by atoms with E-state index in [1.807, 2.05) is 0 Å². The fourth-order valence-electron chi connectivity index (χ4n) is 1.48. The minimum absolute atomic E-state index is 0.359. The van der Waals surface area contributed by atoms with Crippen molar-refractivity contribution in [1.82, 2.24) is 5.32 Å². The Bertz CT molecular complexity index is 371. The Labute approximate surface area is 109 Å². The van der Waals surface area contributed by atoms with Crippen LogP contribution in [0.5, 0.6) is 0 Å². The largest absolute Gasteiger partial charge is 0.391 e. The first-order chi connectivity index (χ1) is 8.42. The molecule has 0 radical (unpaired) electrons. The summed E-state index contributed by atoms with van der Waals surface area (Å²) in [5.41, 5.74) is 0.763. The maximum Gasteiger partial charge on any atom is 0.391 e. The zero-order chi connectivity index (χ0) is 13.6. The molecule has 0 saturated carbocycles. The Hall–Kier alpha value is -0.780. The minimum atomic E-state index is -4.20. The first kappa shape index (κ1) is 15.3. The average molecular weight is 282 g/mol. The van der Waals surface area contributed by atoms with E-state index in [2.05, 4.69) is 5.32 Å². The van der Waals surface area contributed by atoms with Gasteiger partial charge < -0.3 is 10.1 Å². The molecule has 0 heterocycles. The van der Waals surface area contributed by atoms with Gasteiger partial charge in [0.1, 0.15) is 0 Å². The predicted octanol–water partition coefficient (Wildman–Crippen LogP) is 3.57. The molecule has 0 bridgehead atoms. The number of rotatable bonds is 6. The summed E-state index contributed by atoms with van der Waals surface area (Å²) in [6, 6.07) is 6.92. The van der Waals surface area contributed by atoms with Gasteiger partial charge in [0.15, 0.2) is 0 Å². The van der Waals surface area contributed by atoms with Crippen LogP contribution in [-0.4, -0.2) is 26.4 Å². The number of ether oxygens (including phenoxy) is 1. The van der Waals surface area contributed by atoms with Gasteiger partial charge in [-0.15, -0.1) is 0 Å². The molecule has 18 heavy (non-hydrogen) atoms. The van der Waals surface area contributed by atoms with E-state index in [9.17, 15) is 13.2 Å². The van der Waals surface area contributed by atoms with Crippen molar-refractivity contribution in [3.63, 3.8) is 0 Å². The van der Waals surface area contributed by atoms with Gasteiger partial charge in [0, 0.05) is 11.6 Å². The molecule has 0 spiro atoms. The van der Waals surface area contributed by atoms with Crippen LogP contribution < -0.4 is 5.32 Å². The minimum Gasteiger partial charge on any atom is -0.372 e. The highest BCUT2D eigenvalue weighted by Crippen LogP contribution is 2.24. The third-order valence-corrected chi connectivity index (χ3v) is 2.55. The van der Waals surface area contributed by atoms with Gasteiger partial charge in [-0.3, -0.25) is 0 Å². The molecule has 1 atom stereocenters. The van der Waals surface area contributed by atoms with Gasteiger partial charge in [-0.2, -0.15) is 13.2 Å². The lowest BCUT2D eigenvalue weighted by Gasteiger charge is -2.18. The molecule has 1 aromatic carbocycles. The topological polar surface area (TPSA) is 21.3 Å². The summed E-state index contributed by atoms with van der Waals surface area (Å²) >= 11 is 5.84. The molecule has 102 valence electrons. The van der Waals surface area contributed by atoms with Gasteiger partial charge in [-0.1, -0.05) is 23.7 Å². The van der Waals surface area contributed by atoms with Gasteiger partial charge in [0.2, 0.25) is 0 Å². The molecule has 0 saturated heterocycles. The van der Waals surface area contributed by atoms with Crippen LogP contribution in [0.1, 0.15) is 18.1 Å². The Balaban J connectivity index is 2.60. The lowest BCUT2D eigenvalue weighted by Crippen LogP contribution is -2.22. The summed E-state index contributed by atoms with van der Waals surface area (Å²) in [5.74, 6) is 0. The highest BCUT2D eigenvalue weighted by atomic mass is 35.5. The van der Waals surface area contributed by atoms with E-state index in [-0.39, 0.29) is 6.61 Å². The van der Waals surface area contributed by atoms with E-state index < -0.39 is 18.7 Å². The molecule has 0 amide bonds. The van der Waals surface area contributed by atoms with Crippen LogP contribution in [-0.2, 0) is 4.74 Å². The van der Waals surface area contributed by atoms with Crippen LogP contribution in [0.2, 0.25) is 5.02 Å². The van der Waals surface area contributed by atoms with Gasteiger partial charge in [0.05, 0.1) is 19.1 Å². The third-order valence-electron chi connectivity index (χ3n) is 2.31. The Morgan fingerprint density at radius 3 is 2.67 bits per heavy atom. The van der Waals surface area contributed by atoms with Crippen molar-refractivity contribution in [2.24, 2.45) is 0 Å². The Morgan fingerprint density at radius 1 is 1.39 bits per heavy atom. The second-order valence-electron chi connectivity index (χ2n) is 3.84.